The molecule has 1 fully saturated rings. The molecular formula is C13H16F3N5O3. The second kappa shape index (κ2) is 6.89. The Morgan fingerprint density at radius 3 is 2.67 bits per heavy atom. The van der Waals surface area contributed by atoms with Crippen LogP contribution in [0.5, 0.6) is 0 Å². The number of alkyl halides is 3. The molecule has 0 radical (unpaired) electrons. The molecule has 2 heterocycles. The molecule has 0 bridgehead atoms. The Morgan fingerprint density at radius 2 is 2.12 bits per heavy atom. The fraction of sp³-hybridized carbons (Fsp3) is 0.538. The summed E-state index contributed by atoms with van der Waals surface area (Å²) in [5, 5.41) is 10.4. The van der Waals surface area contributed by atoms with E-state index in [9.17, 15) is 27.6 Å². The van der Waals surface area contributed by atoms with Crippen LogP contribution in [0.15, 0.2) is 6.07 Å². The minimum absolute atomic E-state index is 0.00422. The molecule has 2 rings (SSSR count). The van der Waals surface area contributed by atoms with Crippen molar-refractivity contribution in [1.29, 1.82) is 0 Å². The van der Waals surface area contributed by atoms with Gasteiger partial charge in [-0.2, -0.15) is 18.3 Å². The fourth-order valence-electron chi connectivity index (χ4n) is 2.20. The molecule has 1 aromatic rings. The van der Waals surface area contributed by atoms with Crippen LogP contribution in [0, 0.1) is 6.92 Å². The second-order valence-electron chi connectivity index (χ2n) is 5.30. The maximum absolute atomic E-state index is 12.5. The fourth-order valence-corrected chi connectivity index (χ4v) is 2.20. The van der Waals surface area contributed by atoms with Gasteiger partial charge in [-0.3, -0.25) is 19.6 Å². The molecule has 1 aromatic heterocycles. The van der Waals surface area contributed by atoms with E-state index in [1.165, 1.54) is 6.92 Å². The van der Waals surface area contributed by atoms with Gasteiger partial charge in [0.2, 0.25) is 5.91 Å². The monoisotopic (exact) mass is 347 g/mol. The topological polar surface area (TPSA) is 105 Å². The summed E-state index contributed by atoms with van der Waals surface area (Å²) in [7, 11) is 0. The number of nitrogens with zero attached hydrogens (tertiary/aromatic N) is 2. The molecule has 24 heavy (non-hydrogen) atoms. The predicted molar refractivity (Wildman–Crippen MR) is 74.7 cm³/mol. The zero-order valence-electron chi connectivity index (χ0n) is 12.7. The lowest BCUT2D eigenvalue weighted by molar-refractivity contribution is -0.141. The molecule has 0 aromatic carbocycles. The van der Waals surface area contributed by atoms with Crippen molar-refractivity contribution in [3.63, 3.8) is 0 Å². The highest BCUT2D eigenvalue weighted by molar-refractivity contribution is 6.04. The van der Waals surface area contributed by atoms with Crippen LogP contribution < -0.4 is 16.0 Å². The summed E-state index contributed by atoms with van der Waals surface area (Å²) in [5.74, 6) is -0.857. The third kappa shape index (κ3) is 4.46. The molecule has 1 atom stereocenters. The first-order chi connectivity index (χ1) is 11.2. The van der Waals surface area contributed by atoms with Crippen molar-refractivity contribution >= 4 is 17.8 Å². The lowest BCUT2D eigenvalue weighted by atomic mass is 10.1. The van der Waals surface area contributed by atoms with Crippen molar-refractivity contribution in [2.24, 2.45) is 0 Å². The van der Waals surface area contributed by atoms with Gasteiger partial charge in [-0.05, 0) is 19.4 Å². The zero-order chi connectivity index (χ0) is 17.9. The van der Waals surface area contributed by atoms with Crippen LogP contribution in [-0.4, -0.2) is 40.2 Å². The molecule has 1 unspecified atom stereocenters. The Hall–Kier alpha value is -2.59. The summed E-state index contributed by atoms with van der Waals surface area (Å²) < 4.78 is 38.8. The average molecular weight is 347 g/mol. The first-order valence-corrected chi connectivity index (χ1v) is 7.16. The van der Waals surface area contributed by atoms with Crippen molar-refractivity contribution in [1.82, 2.24) is 25.7 Å². The summed E-state index contributed by atoms with van der Waals surface area (Å²) >= 11 is 0. The highest BCUT2D eigenvalue weighted by Crippen LogP contribution is 2.28. The highest BCUT2D eigenvalue weighted by atomic mass is 19.4. The predicted octanol–water partition coefficient (Wildman–Crippen LogP) is 0.315. The van der Waals surface area contributed by atoms with Gasteiger partial charge in [-0.25, -0.2) is 4.79 Å². The van der Waals surface area contributed by atoms with Crippen LogP contribution in [0.3, 0.4) is 0 Å². The van der Waals surface area contributed by atoms with Gasteiger partial charge in [0, 0.05) is 18.7 Å². The second-order valence-corrected chi connectivity index (χ2v) is 5.30. The Labute approximate surface area is 134 Å². The highest BCUT2D eigenvalue weighted by Gasteiger charge is 2.34. The Kier molecular flexibility index (Phi) is 5.10. The molecule has 11 heteroatoms. The molecular weight excluding hydrogens is 331 g/mol. The summed E-state index contributed by atoms with van der Waals surface area (Å²) in [6.45, 7) is 1.68. The summed E-state index contributed by atoms with van der Waals surface area (Å²) in [5.41, 5.74) is -0.642. The zero-order valence-corrected chi connectivity index (χ0v) is 12.7. The maximum Gasteiger partial charge on any atom is 0.435 e. The Morgan fingerprint density at radius 1 is 1.42 bits per heavy atom. The van der Waals surface area contributed by atoms with Gasteiger partial charge in [0.15, 0.2) is 5.69 Å². The number of aryl methyl sites for hydroxylation is 1. The number of amides is 4. The van der Waals surface area contributed by atoms with E-state index in [1.807, 2.05) is 0 Å². The maximum atomic E-state index is 12.5. The van der Waals surface area contributed by atoms with E-state index in [4.69, 9.17) is 0 Å². The van der Waals surface area contributed by atoms with Gasteiger partial charge in [0.05, 0.1) is 6.54 Å². The molecule has 132 valence electrons. The number of aromatic nitrogens is 2. The Balaban J connectivity index is 1.74. The number of carbonyl (C=O) groups excluding carboxylic acids is 3. The number of carbonyl (C=O) groups is 3. The summed E-state index contributed by atoms with van der Waals surface area (Å²) in [4.78, 5) is 33.9. The normalized spacial score (nSPS) is 17.6. The number of halogens is 3. The van der Waals surface area contributed by atoms with E-state index in [1.54, 1.807) is 0 Å². The molecule has 0 aliphatic carbocycles. The third-order valence-corrected chi connectivity index (χ3v) is 3.44. The molecule has 0 spiro atoms. The van der Waals surface area contributed by atoms with E-state index in [0.717, 1.165) is 10.7 Å². The number of hydrogen-bond acceptors (Lipinski definition) is 4. The van der Waals surface area contributed by atoms with Crippen molar-refractivity contribution in [3.05, 3.63) is 17.5 Å². The molecule has 3 N–H and O–H groups in total. The molecule has 1 aliphatic heterocycles. The van der Waals surface area contributed by atoms with Crippen LogP contribution >= 0.6 is 0 Å². The third-order valence-electron chi connectivity index (χ3n) is 3.44. The number of hydrogen-bond donors (Lipinski definition) is 3. The Bertz CT molecular complexity index is 656. The summed E-state index contributed by atoms with van der Waals surface area (Å²) in [6.07, 6.45) is -4.36. The number of rotatable bonds is 6. The quantitative estimate of drug-likeness (QED) is 0.644. The van der Waals surface area contributed by atoms with Gasteiger partial charge in [-0.1, -0.05) is 0 Å². The number of imide groups is 1. The molecule has 1 aliphatic rings. The van der Waals surface area contributed by atoms with Gasteiger partial charge >= 0.3 is 12.2 Å². The number of urea groups is 1. The summed E-state index contributed by atoms with van der Waals surface area (Å²) in [6, 6.07) is -0.408. The molecule has 4 amide bonds. The van der Waals surface area contributed by atoms with Crippen LogP contribution in [0.4, 0.5) is 18.0 Å². The van der Waals surface area contributed by atoms with Gasteiger partial charge in [0.1, 0.15) is 6.04 Å². The van der Waals surface area contributed by atoms with Crippen LogP contribution in [-0.2, 0) is 22.3 Å². The van der Waals surface area contributed by atoms with Crippen molar-refractivity contribution < 1.29 is 27.6 Å². The lowest BCUT2D eigenvalue weighted by Gasteiger charge is -2.09. The van der Waals surface area contributed by atoms with Crippen LogP contribution in [0.1, 0.15) is 24.2 Å². The van der Waals surface area contributed by atoms with E-state index in [2.05, 4.69) is 21.0 Å². The van der Waals surface area contributed by atoms with Crippen molar-refractivity contribution in [2.75, 3.05) is 6.54 Å². The lowest BCUT2D eigenvalue weighted by Crippen LogP contribution is -2.33. The molecule has 1 saturated heterocycles. The van der Waals surface area contributed by atoms with Crippen LogP contribution in [0.25, 0.3) is 0 Å². The standard InChI is InChI=1S/C13H16F3N5O3/c1-7-6-9(13(14,15)16)20-21(7)5-4-17-10(22)3-2-8-11(23)19-12(24)18-8/h6,8H,2-5H2,1H3,(H,17,22)(H2,18,19,23,24). The minimum atomic E-state index is -4.51. The van der Waals surface area contributed by atoms with E-state index in [-0.39, 0.29) is 31.8 Å². The van der Waals surface area contributed by atoms with Crippen LogP contribution in [0.2, 0.25) is 0 Å². The first kappa shape index (κ1) is 17.8. The van der Waals surface area contributed by atoms with Gasteiger partial charge in [0.25, 0.3) is 5.91 Å². The smallest absolute Gasteiger partial charge is 0.354 e. The molecule has 0 saturated carbocycles. The van der Waals surface area contributed by atoms with E-state index in [0.29, 0.717) is 5.69 Å². The molecule has 8 nitrogen and oxygen atoms in total. The van der Waals surface area contributed by atoms with Crippen molar-refractivity contribution in [2.45, 2.75) is 38.5 Å². The van der Waals surface area contributed by atoms with Gasteiger partial charge < -0.3 is 10.6 Å². The van der Waals surface area contributed by atoms with Gasteiger partial charge in [-0.15, -0.1) is 0 Å². The largest absolute Gasteiger partial charge is 0.435 e. The van der Waals surface area contributed by atoms with E-state index >= 15 is 0 Å². The SMILES string of the molecule is Cc1cc(C(F)(F)F)nn1CCNC(=O)CCC1NC(=O)NC1=O. The first-order valence-electron chi connectivity index (χ1n) is 7.16. The minimum Gasteiger partial charge on any atom is -0.354 e. The van der Waals surface area contributed by atoms with Crippen molar-refractivity contribution in [3.8, 4) is 0 Å². The number of nitrogens with one attached hydrogen (secondary N) is 3. The van der Waals surface area contributed by atoms with E-state index < -0.39 is 29.9 Å². The average Bonchev–Trinajstić information content (AvgIpc) is 2.99.